The summed E-state index contributed by atoms with van der Waals surface area (Å²) in [6, 6.07) is 2.60. The molecule has 0 spiro atoms. The molecule has 112 valence electrons. The quantitative estimate of drug-likeness (QED) is 0.619. The number of benzene rings is 1. The minimum absolute atomic E-state index is 0.0858. The minimum atomic E-state index is -0.583. The van der Waals surface area contributed by atoms with Crippen LogP contribution in [0.25, 0.3) is 0 Å². The van der Waals surface area contributed by atoms with Crippen molar-refractivity contribution in [2.24, 2.45) is 7.05 Å². The van der Waals surface area contributed by atoms with E-state index in [1.807, 2.05) is 0 Å². The van der Waals surface area contributed by atoms with E-state index in [-0.39, 0.29) is 23.6 Å². The Balaban J connectivity index is 2.31. The van der Waals surface area contributed by atoms with Crippen LogP contribution in [0.2, 0.25) is 0 Å². The van der Waals surface area contributed by atoms with E-state index in [0.29, 0.717) is 11.6 Å². The first-order valence-electron chi connectivity index (χ1n) is 5.98. The zero-order chi connectivity index (χ0) is 15.4. The van der Waals surface area contributed by atoms with Gasteiger partial charge in [-0.25, -0.2) is 0 Å². The van der Waals surface area contributed by atoms with Crippen molar-refractivity contribution in [2.75, 3.05) is 7.11 Å². The van der Waals surface area contributed by atoms with Gasteiger partial charge in [0.1, 0.15) is 12.9 Å². The fraction of sp³-hybridized carbons (Fsp3) is 0.333. The Bertz CT molecular complexity index is 655. The van der Waals surface area contributed by atoms with E-state index in [9.17, 15) is 15.2 Å². The van der Waals surface area contributed by atoms with E-state index < -0.39 is 11.5 Å². The van der Waals surface area contributed by atoms with Gasteiger partial charge in [0.15, 0.2) is 17.3 Å². The SMILES string of the molecule is COc1cc(CO)c([N+](=O)[O-])cc1OCc1nncn1C. The van der Waals surface area contributed by atoms with E-state index in [4.69, 9.17) is 9.47 Å². The second-order valence-electron chi connectivity index (χ2n) is 4.19. The van der Waals surface area contributed by atoms with Crippen LogP contribution in [-0.2, 0) is 20.3 Å². The highest BCUT2D eigenvalue weighted by Crippen LogP contribution is 2.35. The molecule has 9 nitrogen and oxygen atoms in total. The fourth-order valence-electron chi connectivity index (χ4n) is 1.74. The van der Waals surface area contributed by atoms with Crippen molar-refractivity contribution in [3.63, 3.8) is 0 Å². The number of aryl methyl sites for hydroxylation is 1. The molecule has 2 rings (SSSR count). The Morgan fingerprint density at radius 1 is 1.43 bits per heavy atom. The third-order valence-electron chi connectivity index (χ3n) is 2.89. The summed E-state index contributed by atoms with van der Waals surface area (Å²) in [5.74, 6) is 1.06. The molecule has 0 radical (unpaired) electrons. The Hall–Kier alpha value is -2.68. The number of ether oxygens (including phenoxy) is 2. The maximum atomic E-state index is 11.0. The maximum absolute atomic E-state index is 11.0. The highest BCUT2D eigenvalue weighted by molar-refractivity contribution is 5.54. The molecule has 1 heterocycles. The molecular formula is C12H14N4O5. The third kappa shape index (κ3) is 3.08. The average Bonchev–Trinajstić information content (AvgIpc) is 2.89. The first-order chi connectivity index (χ1) is 10.1. The van der Waals surface area contributed by atoms with Crippen LogP contribution in [0.15, 0.2) is 18.5 Å². The standard InChI is InChI=1S/C12H14N4O5/c1-15-7-13-14-12(15)6-21-11-4-9(16(18)19)8(5-17)3-10(11)20-2/h3-4,7,17H,5-6H2,1-2H3. The van der Waals surface area contributed by atoms with Crippen LogP contribution >= 0.6 is 0 Å². The number of aliphatic hydroxyl groups is 1. The van der Waals surface area contributed by atoms with Gasteiger partial charge in [-0.1, -0.05) is 0 Å². The number of aliphatic hydroxyl groups excluding tert-OH is 1. The van der Waals surface area contributed by atoms with Crippen molar-refractivity contribution in [3.05, 3.63) is 40.0 Å². The molecule has 0 amide bonds. The Labute approximate surface area is 119 Å². The molecular weight excluding hydrogens is 280 g/mol. The van der Waals surface area contributed by atoms with E-state index in [1.54, 1.807) is 11.6 Å². The lowest BCUT2D eigenvalue weighted by molar-refractivity contribution is -0.386. The van der Waals surface area contributed by atoms with E-state index in [1.165, 1.54) is 25.6 Å². The monoisotopic (exact) mass is 294 g/mol. The van der Waals surface area contributed by atoms with Crippen LogP contribution in [0.4, 0.5) is 5.69 Å². The van der Waals surface area contributed by atoms with Crippen LogP contribution in [0.5, 0.6) is 11.5 Å². The van der Waals surface area contributed by atoms with Gasteiger partial charge in [-0.15, -0.1) is 10.2 Å². The number of methoxy groups -OCH3 is 1. The van der Waals surface area contributed by atoms with E-state index in [2.05, 4.69) is 10.2 Å². The van der Waals surface area contributed by atoms with Crippen molar-refractivity contribution < 1.29 is 19.5 Å². The molecule has 0 fully saturated rings. The molecule has 0 aliphatic carbocycles. The molecule has 0 aliphatic heterocycles. The second kappa shape index (κ2) is 6.18. The third-order valence-corrected chi connectivity index (χ3v) is 2.89. The Morgan fingerprint density at radius 2 is 2.19 bits per heavy atom. The maximum Gasteiger partial charge on any atom is 0.278 e. The molecule has 1 aromatic carbocycles. The molecule has 0 unspecified atom stereocenters. The van der Waals surface area contributed by atoms with Gasteiger partial charge in [-0.2, -0.15) is 0 Å². The highest BCUT2D eigenvalue weighted by atomic mass is 16.6. The Kier molecular flexibility index (Phi) is 4.33. The molecule has 1 N–H and O–H groups in total. The summed E-state index contributed by atoms with van der Waals surface area (Å²) < 4.78 is 12.3. The molecule has 0 bridgehead atoms. The summed E-state index contributed by atoms with van der Waals surface area (Å²) in [6.07, 6.45) is 1.52. The topological polar surface area (TPSA) is 113 Å². The van der Waals surface area contributed by atoms with Crippen LogP contribution in [0.1, 0.15) is 11.4 Å². The van der Waals surface area contributed by atoms with Gasteiger partial charge in [-0.3, -0.25) is 10.1 Å². The van der Waals surface area contributed by atoms with Gasteiger partial charge in [0.05, 0.1) is 30.3 Å². The number of nitro benzene ring substituents is 1. The van der Waals surface area contributed by atoms with Crippen LogP contribution in [0.3, 0.4) is 0 Å². The normalized spacial score (nSPS) is 10.4. The molecule has 1 aromatic heterocycles. The lowest BCUT2D eigenvalue weighted by Gasteiger charge is -2.11. The predicted molar refractivity (Wildman–Crippen MR) is 70.9 cm³/mol. The number of aromatic nitrogens is 3. The lowest BCUT2D eigenvalue weighted by atomic mass is 10.1. The number of hydrogen-bond acceptors (Lipinski definition) is 7. The largest absolute Gasteiger partial charge is 0.493 e. The first kappa shape index (κ1) is 14.7. The van der Waals surface area contributed by atoms with Crippen molar-refractivity contribution in [1.29, 1.82) is 0 Å². The van der Waals surface area contributed by atoms with Crippen molar-refractivity contribution >= 4 is 5.69 Å². The van der Waals surface area contributed by atoms with Gasteiger partial charge in [-0.05, 0) is 6.07 Å². The highest BCUT2D eigenvalue weighted by Gasteiger charge is 2.19. The van der Waals surface area contributed by atoms with Crippen molar-refractivity contribution in [3.8, 4) is 11.5 Å². The number of rotatable bonds is 6. The van der Waals surface area contributed by atoms with Gasteiger partial charge >= 0.3 is 0 Å². The summed E-state index contributed by atoms with van der Waals surface area (Å²) >= 11 is 0. The van der Waals surface area contributed by atoms with Crippen LogP contribution in [-0.4, -0.2) is 31.9 Å². The number of nitro groups is 1. The van der Waals surface area contributed by atoms with Gasteiger partial charge in [0.25, 0.3) is 5.69 Å². The van der Waals surface area contributed by atoms with Crippen molar-refractivity contribution in [1.82, 2.24) is 14.8 Å². The molecule has 2 aromatic rings. The zero-order valence-electron chi connectivity index (χ0n) is 11.5. The molecule has 0 saturated carbocycles. The fourth-order valence-corrected chi connectivity index (χ4v) is 1.74. The summed E-state index contributed by atoms with van der Waals surface area (Å²) in [6.45, 7) is -0.376. The molecule has 9 heteroatoms. The van der Waals surface area contributed by atoms with Gasteiger partial charge < -0.3 is 19.1 Å². The Morgan fingerprint density at radius 3 is 2.71 bits per heavy atom. The molecule has 0 saturated heterocycles. The zero-order valence-corrected chi connectivity index (χ0v) is 11.5. The second-order valence-corrected chi connectivity index (χ2v) is 4.19. The van der Waals surface area contributed by atoms with E-state index >= 15 is 0 Å². The van der Waals surface area contributed by atoms with Gasteiger partial charge in [0.2, 0.25) is 0 Å². The minimum Gasteiger partial charge on any atom is -0.493 e. The van der Waals surface area contributed by atoms with E-state index in [0.717, 1.165) is 0 Å². The summed E-state index contributed by atoms with van der Waals surface area (Å²) in [4.78, 5) is 10.4. The molecule has 21 heavy (non-hydrogen) atoms. The number of hydrogen-bond donors (Lipinski definition) is 1. The summed E-state index contributed by atoms with van der Waals surface area (Å²) in [5, 5.41) is 27.7. The smallest absolute Gasteiger partial charge is 0.278 e. The average molecular weight is 294 g/mol. The summed E-state index contributed by atoms with van der Waals surface area (Å²) in [5.41, 5.74) is -0.0749. The predicted octanol–water partition coefficient (Wildman–Crippen LogP) is 0.803. The summed E-state index contributed by atoms with van der Waals surface area (Å²) in [7, 11) is 3.17. The first-order valence-corrected chi connectivity index (χ1v) is 5.98. The molecule has 0 atom stereocenters. The van der Waals surface area contributed by atoms with Crippen LogP contribution < -0.4 is 9.47 Å². The van der Waals surface area contributed by atoms with Crippen molar-refractivity contribution in [2.45, 2.75) is 13.2 Å². The lowest BCUT2D eigenvalue weighted by Crippen LogP contribution is -2.05. The van der Waals surface area contributed by atoms with Crippen LogP contribution in [0, 0.1) is 10.1 Å². The molecule has 0 aliphatic rings. The number of nitrogens with zero attached hydrogens (tertiary/aromatic N) is 4. The van der Waals surface area contributed by atoms with Gasteiger partial charge in [0, 0.05) is 7.05 Å².